The molecule has 22 heteroatoms. The van der Waals surface area contributed by atoms with E-state index < -0.39 is 163 Å². The van der Waals surface area contributed by atoms with Gasteiger partial charge < -0.3 is 104 Å². The summed E-state index contributed by atoms with van der Waals surface area (Å²) in [6, 6.07) is 0. The average molecular weight is 1060 g/mol. The van der Waals surface area contributed by atoms with E-state index in [4.69, 9.17) is 37.9 Å². The lowest BCUT2D eigenvalue weighted by Crippen LogP contribution is -2.67. The van der Waals surface area contributed by atoms with Crippen LogP contribution in [0.2, 0.25) is 0 Å². The number of carbonyl (C=O) groups excluding carboxylic acids is 1. The van der Waals surface area contributed by atoms with Crippen molar-refractivity contribution >= 4 is 5.78 Å². The van der Waals surface area contributed by atoms with E-state index in [0.717, 1.165) is 0 Å². The Hall–Kier alpha value is -1.43. The Bertz CT molecular complexity index is 1970. The highest BCUT2D eigenvalue weighted by Gasteiger charge is 2.73. The molecule has 4 aliphatic carbocycles. The molecule has 4 saturated heterocycles. The lowest BCUT2D eigenvalue weighted by molar-refractivity contribution is -0.365. The van der Waals surface area contributed by atoms with E-state index in [0.29, 0.717) is 38.5 Å². The second kappa shape index (κ2) is 21.6. The first-order chi connectivity index (χ1) is 34.4. The average Bonchev–Trinajstić information content (AvgIpc) is 3.64. The molecule has 8 fully saturated rings. The van der Waals surface area contributed by atoms with Crippen molar-refractivity contribution < 1.29 is 109 Å². The quantitative estimate of drug-likeness (QED) is 0.0678. The molecule has 13 N–H and O–H groups in total. The second-order valence-electron chi connectivity index (χ2n) is 25.1. The summed E-state index contributed by atoms with van der Waals surface area (Å²) in [5.74, 6) is -1.45. The van der Waals surface area contributed by atoms with Crippen LogP contribution in [0.1, 0.15) is 107 Å². The number of aliphatic hydroxyl groups is 13. The lowest BCUT2D eigenvalue weighted by atomic mass is 9.35. The molecular weight excluding hydrogens is 977 g/mol. The first-order valence-corrected chi connectivity index (χ1v) is 26.6. The van der Waals surface area contributed by atoms with Crippen LogP contribution in [0.25, 0.3) is 0 Å². The fourth-order valence-electron chi connectivity index (χ4n) is 15.4. The Kier molecular flexibility index (Phi) is 17.1. The third-order valence-corrected chi connectivity index (χ3v) is 19.4. The number of carbonyl (C=O) groups is 1. The third kappa shape index (κ3) is 10.5. The minimum atomic E-state index is -1.78. The molecule has 0 bridgehead atoms. The maximum absolute atomic E-state index is 14.9. The summed E-state index contributed by atoms with van der Waals surface area (Å²) in [6.07, 6.45) is -20.1. The number of hydrogen-bond donors (Lipinski definition) is 13. The lowest BCUT2D eigenvalue weighted by Gasteiger charge is -2.70. The number of fused-ring (bicyclic) bond motifs is 5. The predicted octanol–water partition coefficient (Wildman–Crippen LogP) is -1.75. The summed E-state index contributed by atoms with van der Waals surface area (Å²) < 4.78 is 48.3. The van der Waals surface area contributed by atoms with Crippen LogP contribution in [0.4, 0.5) is 0 Å². The van der Waals surface area contributed by atoms with E-state index in [-0.39, 0.29) is 55.7 Å². The number of rotatable bonds is 14. The summed E-state index contributed by atoms with van der Waals surface area (Å²) in [6.45, 7) is 13.9. The molecule has 4 aliphatic heterocycles. The monoisotopic (exact) mass is 1060 g/mol. The molecule has 426 valence electrons. The predicted molar refractivity (Wildman–Crippen MR) is 255 cm³/mol. The van der Waals surface area contributed by atoms with Crippen molar-refractivity contribution in [3.05, 3.63) is 12.2 Å². The molecule has 4 saturated carbocycles. The molecule has 0 aromatic rings. The van der Waals surface area contributed by atoms with E-state index in [1.807, 2.05) is 0 Å². The molecule has 74 heavy (non-hydrogen) atoms. The minimum Gasteiger partial charge on any atom is -0.389 e. The fraction of sp³-hybridized carbons (Fsp3) is 0.942. The maximum Gasteiger partial charge on any atom is 0.187 e. The highest BCUT2D eigenvalue weighted by Crippen LogP contribution is 2.76. The Morgan fingerprint density at radius 1 is 0.649 bits per heavy atom. The van der Waals surface area contributed by atoms with Gasteiger partial charge in [0.1, 0.15) is 85.1 Å². The summed E-state index contributed by atoms with van der Waals surface area (Å²) in [5, 5.41) is 141. The molecule has 0 aromatic carbocycles. The summed E-state index contributed by atoms with van der Waals surface area (Å²) >= 11 is 0. The molecule has 0 aromatic heterocycles. The molecule has 0 unspecified atom stereocenters. The standard InChI is InChI=1S/C52H86O22/c1-23-33(56)37(60)41(64)45(71-23)74-42-35(58)27(55)20-68-46(42)73-31-13-16-49(6)29(48(31,4)5)12-17-50(7)30(49)11-10-24-32(51(8,66)15-9-14-47(2,3)65)25(53)18-52(24,50)22-70-44-40(63)38(61)36(59)28(72-44)21-69-43-39(62)34(57)26(54)19-67-43/h9,14,23-24,26-46,54-66H,10-13,15-22H2,1-8H3/b14-9+/t23-,24+,26+,27-,28+,29-,30+,31-,32+,33-,34-,35-,36+,37+,38-,39+,40+,41+,42+,43-,44+,45-,46-,49-,50+,51-,52-/m0/s1. The van der Waals surface area contributed by atoms with E-state index >= 15 is 0 Å². The molecule has 27 atom stereocenters. The first kappa shape index (κ1) is 58.7. The van der Waals surface area contributed by atoms with Crippen LogP contribution in [-0.2, 0) is 42.7 Å². The summed E-state index contributed by atoms with van der Waals surface area (Å²) in [5.41, 5.74) is -5.25. The van der Waals surface area contributed by atoms with Crippen LogP contribution < -0.4 is 0 Å². The van der Waals surface area contributed by atoms with Gasteiger partial charge in [0, 0.05) is 17.8 Å². The van der Waals surface area contributed by atoms with Crippen LogP contribution in [-0.4, -0.2) is 227 Å². The van der Waals surface area contributed by atoms with Gasteiger partial charge in [0.25, 0.3) is 0 Å². The van der Waals surface area contributed by atoms with Gasteiger partial charge in [-0.3, -0.25) is 4.79 Å². The topological polar surface area (TPSA) is 354 Å². The Labute approximate surface area is 432 Å². The summed E-state index contributed by atoms with van der Waals surface area (Å²) in [7, 11) is 0. The zero-order valence-corrected chi connectivity index (χ0v) is 43.9. The number of ether oxygens (including phenoxy) is 8. The molecule has 0 radical (unpaired) electrons. The zero-order valence-electron chi connectivity index (χ0n) is 43.9. The van der Waals surface area contributed by atoms with Crippen LogP contribution in [0.5, 0.6) is 0 Å². The van der Waals surface area contributed by atoms with Gasteiger partial charge in [0.2, 0.25) is 0 Å². The van der Waals surface area contributed by atoms with Gasteiger partial charge >= 0.3 is 0 Å². The third-order valence-electron chi connectivity index (χ3n) is 19.4. The molecule has 0 spiro atoms. The van der Waals surface area contributed by atoms with Gasteiger partial charge in [-0.25, -0.2) is 0 Å². The second-order valence-corrected chi connectivity index (χ2v) is 25.1. The Morgan fingerprint density at radius 2 is 1.27 bits per heavy atom. The van der Waals surface area contributed by atoms with Crippen LogP contribution >= 0.6 is 0 Å². The van der Waals surface area contributed by atoms with Crippen molar-refractivity contribution in [2.75, 3.05) is 26.4 Å². The molecule has 4 heterocycles. The Balaban J connectivity index is 1.05. The van der Waals surface area contributed by atoms with Gasteiger partial charge in [-0.2, -0.15) is 0 Å². The van der Waals surface area contributed by atoms with Crippen LogP contribution in [0.3, 0.4) is 0 Å². The van der Waals surface area contributed by atoms with Crippen molar-refractivity contribution in [2.45, 2.75) is 235 Å². The van der Waals surface area contributed by atoms with Crippen molar-refractivity contribution in [2.24, 2.45) is 45.3 Å². The van der Waals surface area contributed by atoms with Crippen LogP contribution in [0.15, 0.2) is 12.2 Å². The maximum atomic E-state index is 14.9. The van der Waals surface area contributed by atoms with Gasteiger partial charge in [0.05, 0.1) is 49.8 Å². The number of ketones is 1. The summed E-state index contributed by atoms with van der Waals surface area (Å²) in [4.78, 5) is 14.9. The highest BCUT2D eigenvalue weighted by molar-refractivity contribution is 5.86. The molecular formula is C52H86O22. The fourth-order valence-corrected chi connectivity index (χ4v) is 15.4. The number of hydrogen-bond acceptors (Lipinski definition) is 22. The van der Waals surface area contributed by atoms with E-state index in [9.17, 15) is 71.2 Å². The normalized spacial score (nSPS) is 51.7. The minimum absolute atomic E-state index is 0.0146. The molecule has 8 aliphatic rings. The molecule has 22 nitrogen and oxygen atoms in total. The molecule has 8 rings (SSSR count). The number of Topliss-reactive ketones (excluding diaryl/α,β-unsaturated/α-hetero) is 1. The highest BCUT2D eigenvalue weighted by atomic mass is 16.8. The van der Waals surface area contributed by atoms with Gasteiger partial charge in [0.15, 0.2) is 25.2 Å². The van der Waals surface area contributed by atoms with Gasteiger partial charge in [-0.05, 0) is 107 Å². The Morgan fingerprint density at radius 3 is 1.95 bits per heavy atom. The van der Waals surface area contributed by atoms with Crippen molar-refractivity contribution in [1.82, 2.24) is 0 Å². The van der Waals surface area contributed by atoms with Crippen LogP contribution in [0, 0.1) is 45.3 Å². The van der Waals surface area contributed by atoms with E-state index in [1.165, 1.54) is 6.92 Å². The zero-order chi connectivity index (χ0) is 54.4. The first-order valence-electron chi connectivity index (χ1n) is 26.6. The largest absolute Gasteiger partial charge is 0.389 e. The van der Waals surface area contributed by atoms with E-state index in [1.54, 1.807) is 32.9 Å². The number of aliphatic hydroxyl groups excluding tert-OH is 11. The van der Waals surface area contributed by atoms with Crippen molar-refractivity contribution in [3.8, 4) is 0 Å². The smallest absolute Gasteiger partial charge is 0.187 e. The van der Waals surface area contributed by atoms with Gasteiger partial charge in [-0.15, -0.1) is 0 Å². The molecule has 0 amide bonds. The van der Waals surface area contributed by atoms with Gasteiger partial charge in [-0.1, -0.05) is 39.8 Å². The van der Waals surface area contributed by atoms with E-state index in [2.05, 4.69) is 27.7 Å². The van der Waals surface area contributed by atoms with Crippen molar-refractivity contribution in [1.29, 1.82) is 0 Å². The van der Waals surface area contributed by atoms with Crippen molar-refractivity contribution in [3.63, 3.8) is 0 Å². The SMILES string of the molecule is C[C@@H]1O[C@@H](O[C@H]2[C@H](O[C@H]3CC[C@]4(C)[C@H]5CC[C@@H]6[C@@H]([C@@](C)(O)C/C=C/C(C)(C)O)C(=O)C[C@@]6(CO[C@@H]6O[C@H](CO[C@@H]7OC[C@@H](O)[C@H](O)[C@H]7O)[C@@H](O)[C@H](O)[C@H]6O)[C@]5(C)CC[C@H]4C3(C)C)OC[C@H](O)[C@@H]2O)[C@H](O)[C@H](O)[C@H]1O.